The van der Waals surface area contributed by atoms with Crippen LogP contribution in [0.3, 0.4) is 0 Å². The van der Waals surface area contributed by atoms with Gasteiger partial charge in [-0.05, 0) is 18.6 Å². The summed E-state index contributed by atoms with van der Waals surface area (Å²) in [5, 5.41) is 2.60. The van der Waals surface area contributed by atoms with Crippen molar-refractivity contribution < 1.29 is 19.1 Å². The van der Waals surface area contributed by atoms with E-state index in [1.807, 2.05) is 6.92 Å². The summed E-state index contributed by atoms with van der Waals surface area (Å²) in [6.07, 6.45) is 0.534. The minimum atomic E-state index is -0.515. The van der Waals surface area contributed by atoms with Crippen LogP contribution in [0.5, 0.6) is 11.5 Å². The number of nitrogens with one attached hydrogen (secondary N) is 1. The molecule has 0 spiro atoms. The van der Waals surface area contributed by atoms with E-state index in [1.165, 1.54) is 12.0 Å². The number of carbonyl (C=O) groups is 2. The predicted molar refractivity (Wildman–Crippen MR) is 74.1 cm³/mol. The van der Waals surface area contributed by atoms with E-state index in [-0.39, 0.29) is 18.4 Å². The molecule has 1 atom stereocenters. The Hall–Kier alpha value is -2.24. The van der Waals surface area contributed by atoms with Gasteiger partial charge in [0.15, 0.2) is 0 Å². The van der Waals surface area contributed by atoms with Gasteiger partial charge in [0.1, 0.15) is 17.5 Å². The third-order valence-electron chi connectivity index (χ3n) is 3.33. The summed E-state index contributed by atoms with van der Waals surface area (Å²) < 4.78 is 10.4. The Morgan fingerprint density at radius 2 is 2.05 bits per heavy atom. The number of ether oxygens (including phenoxy) is 2. The fourth-order valence-corrected chi connectivity index (χ4v) is 2.31. The van der Waals surface area contributed by atoms with E-state index < -0.39 is 6.04 Å². The van der Waals surface area contributed by atoms with Gasteiger partial charge in [0.05, 0.1) is 26.5 Å². The smallest absolute Gasteiger partial charge is 0.247 e. The highest BCUT2D eigenvalue weighted by Crippen LogP contribution is 2.34. The standard InChI is InChI=1S/C14H18N2O4/c1-4-10-14(18)15-8-13(17)16(10)11-6-5-9(19-2)7-12(11)20-3/h5-7,10H,4,8H2,1-3H3,(H,15,18). The largest absolute Gasteiger partial charge is 0.497 e. The van der Waals surface area contributed by atoms with E-state index in [9.17, 15) is 9.59 Å². The zero-order valence-electron chi connectivity index (χ0n) is 11.8. The molecular formula is C14H18N2O4. The van der Waals surface area contributed by atoms with E-state index in [4.69, 9.17) is 9.47 Å². The summed E-state index contributed by atoms with van der Waals surface area (Å²) >= 11 is 0. The number of hydrogen-bond acceptors (Lipinski definition) is 4. The van der Waals surface area contributed by atoms with E-state index in [0.29, 0.717) is 23.6 Å². The molecule has 108 valence electrons. The highest BCUT2D eigenvalue weighted by atomic mass is 16.5. The molecule has 1 heterocycles. The molecular weight excluding hydrogens is 260 g/mol. The maximum absolute atomic E-state index is 12.2. The van der Waals surface area contributed by atoms with Crippen molar-refractivity contribution in [3.8, 4) is 11.5 Å². The van der Waals surface area contributed by atoms with Gasteiger partial charge in [-0.2, -0.15) is 0 Å². The topological polar surface area (TPSA) is 67.9 Å². The lowest BCUT2D eigenvalue weighted by Crippen LogP contribution is -2.58. The number of methoxy groups -OCH3 is 2. The average Bonchev–Trinajstić information content (AvgIpc) is 2.48. The van der Waals surface area contributed by atoms with Crippen molar-refractivity contribution in [3.63, 3.8) is 0 Å². The lowest BCUT2D eigenvalue weighted by atomic mass is 10.1. The normalized spacial score (nSPS) is 18.8. The molecule has 0 radical (unpaired) electrons. The fourth-order valence-electron chi connectivity index (χ4n) is 2.31. The lowest BCUT2D eigenvalue weighted by molar-refractivity contribution is -0.131. The second kappa shape index (κ2) is 5.81. The van der Waals surface area contributed by atoms with Gasteiger partial charge in [0.25, 0.3) is 0 Å². The van der Waals surface area contributed by atoms with Gasteiger partial charge in [0.2, 0.25) is 11.8 Å². The molecule has 0 bridgehead atoms. The molecule has 2 rings (SSSR count). The second-order valence-electron chi connectivity index (χ2n) is 4.44. The summed E-state index contributed by atoms with van der Waals surface area (Å²) in [6, 6.07) is 4.65. The van der Waals surface area contributed by atoms with Crippen molar-refractivity contribution in [2.45, 2.75) is 19.4 Å². The molecule has 6 heteroatoms. The number of hydrogen-bond donors (Lipinski definition) is 1. The molecule has 0 saturated carbocycles. The maximum Gasteiger partial charge on any atom is 0.247 e. The van der Waals surface area contributed by atoms with Gasteiger partial charge in [-0.25, -0.2) is 0 Å². The van der Waals surface area contributed by atoms with E-state index in [2.05, 4.69) is 5.32 Å². The molecule has 6 nitrogen and oxygen atoms in total. The highest BCUT2D eigenvalue weighted by Gasteiger charge is 2.35. The summed E-state index contributed by atoms with van der Waals surface area (Å²) in [7, 11) is 3.08. The second-order valence-corrected chi connectivity index (χ2v) is 4.44. The fraction of sp³-hybridized carbons (Fsp3) is 0.429. The first-order chi connectivity index (χ1) is 9.62. The van der Waals surface area contributed by atoms with Crippen LogP contribution in [0.4, 0.5) is 5.69 Å². The molecule has 1 fully saturated rings. The maximum atomic E-state index is 12.2. The Morgan fingerprint density at radius 3 is 2.65 bits per heavy atom. The number of benzene rings is 1. The van der Waals surface area contributed by atoms with Crippen LogP contribution in [-0.4, -0.2) is 38.6 Å². The van der Waals surface area contributed by atoms with Crippen LogP contribution in [0.2, 0.25) is 0 Å². The lowest BCUT2D eigenvalue weighted by Gasteiger charge is -2.35. The first kappa shape index (κ1) is 14.2. The minimum Gasteiger partial charge on any atom is -0.497 e. The monoisotopic (exact) mass is 278 g/mol. The van der Waals surface area contributed by atoms with Crippen LogP contribution in [0.15, 0.2) is 18.2 Å². The molecule has 2 amide bonds. The van der Waals surface area contributed by atoms with Crippen LogP contribution in [0.1, 0.15) is 13.3 Å². The minimum absolute atomic E-state index is 0.00448. The number of nitrogens with zero attached hydrogens (tertiary/aromatic N) is 1. The molecule has 1 saturated heterocycles. The molecule has 0 aliphatic carbocycles. The van der Waals surface area contributed by atoms with Gasteiger partial charge in [-0.1, -0.05) is 6.92 Å². The van der Waals surface area contributed by atoms with Crippen molar-refractivity contribution in [3.05, 3.63) is 18.2 Å². The number of rotatable bonds is 4. The molecule has 1 N–H and O–H groups in total. The zero-order valence-corrected chi connectivity index (χ0v) is 11.8. The molecule has 1 aliphatic rings. The van der Waals surface area contributed by atoms with Gasteiger partial charge in [-0.15, -0.1) is 0 Å². The van der Waals surface area contributed by atoms with Crippen LogP contribution in [0.25, 0.3) is 0 Å². The zero-order chi connectivity index (χ0) is 14.7. The van der Waals surface area contributed by atoms with E-state index in [1.54, 1.807) is 25.3 Å². The Labute approximate surface area is 117 Å². The van der Waals surface area contributed by atoms with Gasteiger partial charge in [0, 0.05) is 6.07 Å². The molecule has 1 unspecified atom stereocenters. The number of carbonyl (C=O) groups excluding carboxylic acids is 2. The average molecular weight is 278 g/mol. The SMILES string of the molecule is CCC1C(=O)NCC(=O)N1c1ccc(OC)cc1OC. The van der Waals surface area contributed by atoms with E-state index >= 15 is 0 Å². The highest BCUT2D eigenvalue weighted by molar-refractivity contribution is 6.07. The van der Waals surface area contributed by atoms with Gasteiger partial charge < -0.3 is 14.8 Å². The predicted octanol–water partition coefficient (Wildman–Crippen LogP) is 0.945. The van der Waals surface area contributed by atoms with Crippen LogP contribution in [0, 0.1) is 0 Å². The van der Waals surface area contributed by atoms with Crippen molar-refractivity contribution in [1.29, 1.82) is 0 Å². The molecule has 1 aromatic carbocycles. The molecule has 1 aliphatic heterocycles. The third kappa shape index (κ3) is 2.41. The van der Waals surface area contributed by atoms with Gasteiger partial charge in [-0.3, -0.25) is 14.5 Å². The quantitative estimate of drug-likeness (QED) is 0.890. The molecule has 20 heavy (non-hydrogen) atoms. The number of piperazine rings is 1. The first-order valence-electron chi connectivity index (χ1n) is 6.44. The Bertz CT molecular complexity index is 530. The van der Waals surface area contributed by atoms with Crippen molar-refractivity contribution >= 4 is 17.5 Å². The van der Waals surface area contributed by atoms with Crippen LogP contribution in [-0.2, 0) is 9.59 Å². The number of amides is 2. The summed E-state index contributed by atoms with van der Waals surface area (Å²) in [5.41, 5.74) is 0.583. The van der Waals surface area contributed by atoms with Gasteiger partial charge >= 0.3 is 0 Å². The van der Waals surface area contributed by atoms with Crippen molar-refractivity contribution in [2.24, 2.45) is 0 Å². The Balaban J connectivity index is 2.46. The first-order valence-corrected chi connectivity index (χ1v) is 6.44. The van der Waals surface area contributed by atoms with Crippen molar-refractivity contribution in [2.75, 3.05) is 25.7 Å². The summed E-state index contributed by atoms with van der Waals surface area (Å²) in [5.74, 6) is 0.836. The summed E-state index contributed by atoms with van der Waals surface area (Å²) in [4.78, 5) is 25.6. The molecule has 0 aromatic heterocycles. The number of anilines is 1. The van der Waals surface area contributed by atoms with Crippen molar-refractivity contribution in [1.82, 2.24) is 5.32 Å². The molecule has 1 aromatic rings. The summed E-state index contributed by atoms with van der Waals surface area (Å²) in [6.45, 7) is 1.87. The van der Waals surface area contributed by atoms with Crippen LogP contribution < -0.4 is 19.7 Å². The van der Waals surface area contributed by atoms with E-state index in [0.717, 1.165) is 0 Å². The third-order valence-corrected chi connectivity index (χ3v) is 3.33. The Morgan fingerprint density at radius 1 is 1.30 bits per heavy atom. The van der Waals surface area contributed by atoms with Crippen LogP contribution >= 0.6 is 0 Å². The Kier molecular flexibility index (Phi) is 4.12.